The number of benzene rings is 1. The molecule has 1 saturated heterocycles. The lowest BCUT2D eigenvalue weighted by atomic mass is 9.96. The number of likely N-dealkylation sites (tertiary alicyclic amines) is 1. The number of pyridine rings is 1. The molecular formula is C19H24N2O. The van der Waals surface area contributed by atoms with Gasteiger partial charge in [0.15, 0.2) is 0 Å². The molecule has 1 fully saturated rings. The van der Waals surface area contributed by atoms with E-state index in [2.05, 4.69) is 28.1 Å². The Labute approximate surface area is 132 Å². The van der Waals surface area contributed by atoms with Crippen LogP contribution in [0.1, 0.15) is 36.9 Å². The Bertz CT molecular complexity index is 585. The fourth-order valence-electron chi connectivity index (χ4n) is 3.34. The van der Waals surface area contributed by atoms with Crippen LogP contribution in [0, 0.1) is 0 Å². The van der Waals surface area contributed by atoms with Crippen LogP contribution in [0.3, 0.4) is 0 Å². The second-order valence-corrected chi connectivity index (χ2v) is 6.15. The first-order valence-electron chi connectivity index (χ1n) is 8.23. The number of aromatic hydroxyl groups is 1. The van der Waals surface area contributed by atoms with Crippen LogP contribution in [0.15, 0.2) is 48.7 Å². The van der Waals surface area contributed by atoms with Gasteiger partial charge in [0.1, 0.15) is 5.75 Å². The molecule has 1 aliphatic heterocycles. The molecule has 0 unspecified atom stereocenters. The van der Waals surface area contributed by atoms with E-state index in [0.717, 1.165) is 25.9 Å². The molecule has 1 aromatic carbocycles. The highest BCUT2D eigenvalue weighted by Gasteiger charge is 2.22. The number of phenols is 1. The maximum absolute atomic E-state index is 9.63. The predicted octanol–water partition coefficient (Wildman–Crippen LogP) is 3.77. The average Bonchev–Trinajstić information content (AvgIpc) is 2.55. The van der Waals surface area contributed by atoms with Crippen molar-refractivity contribution in [2.75, 3.05) is 6.54 Å². The zero-order valence-electron chi connectivity index (χ0n) is 13.0. The van der Waals surface area contributed by atoms with Gasteiger partial charge in [-0.15, -0.1) is 0 Å². The van der Waals surface area contributed by atoms with Gasteiger partial charge in [0, 0.05) is 24.5 Å². The van der Waals surface area contributed by atoms with Gasteiger partial charge in [0.05, 0.1) is 0 Å². The van der Waals surface area contributed by atoms with E-state index >= 15 is 0 Å². The summed E-state index contributed by atoms with van der Waals surface area (Å²) in [4.78, 5) is 7.00. The minimum atomic E-state index is 0.361. The van der Waals surface area contributed by atoms with Gasteiger partial charge in [0.2, 0.25) is 0 Å². The summed E-state index contributed by atoms with van der Waals surface area (Å²) in [7, 11) is 0. The van der Waals surface area contributed by atoms with Crippen molar-refractivity contribution in [2.24, 2.45) is 0 Å². The van der Waals surface area contributed by atoms with Crippen molar-refractivity contribution in [1.29, 1.82) is 0 Å². The zero-order chi connectivity index (χ0) is 15.2. The highest BCUT2D eigenvalue weighted by molar-refractivity contribution is 5.27. The van der Waals surface area contributed by atoms with Crippen LogP contribution in [0.4, 0.5) is 0 Å². The molecule has 3 heteroatoms. The van der Waals surface area contributed by atoms with E-state index in [1.165, 1.54) is 30.5 Å². The van der Waals surface area contributed by atoms with Crippen molar-refractivity contribution < 1.29 is 5.11 Å². The van der Waals surface area contributed by atoms with Gasteiger partial charge in [-0.3, -0.25) is 9.88 Å². The molecule has 0 aliphatic carbocycles. The molecule has 1 N–H and O–H groups in total. The Morgan fingerprint density at radius 2 is 2.09 bits per heavy atom. The third-order valence-electron chi connectivity index (χ3n) is 4.51. The standard InChI is InChI=1S/C19H24N2O/c22-19-9-5-6-16(14-19)15-21-13-4-2-8-18(21)11-10-17-7-1-3-12-20-17/h1,3,5-7,9,12,14,18,22H,2,4,8,10-11,13,15H2/t18-/m0/s1. The van der Waals surface area contributed by atoms with Crippen molar-refractivity contribution in [2.45, 2.75) is 44.7 Å². The van der Waals surface area contributed by atoms with Gasteiger partial charge >= 0.3 is 0 Å². The fourth-order valence-corrected chi connectivity index (χ4v) is 3.34. The molecule has 0 radical (unpaired) electrons. The van der Waals surface area contributed by atoms with E-state index < -0.39 is 0 Å². The highest BCUT2D eigenvalue weighted by Crippen LogP contribution is 2.24. The average molecular weight is 296 g/mol. The molecule has 1 atom stereocenters. The zero-order valence-corrected chi connectivity index (χ0v) is 13.0. The summed E-state index contributed by atoms with van der Waals surface area (Å²) in [5.41, 5.74) is 2.38. The highest BCUT2D eigenvalue weighted by atomic mass is 16.3. The minimum absolute atomic E-state index is 0.361. The minimum Gasteiger partial charge on any atom is -0.508 e. The van der Waals surface area contributed by atoms with Crippen LogP contribution in [-0.4, -0.2) is 27.6 Å². The summed E-state index contributed by atoms with van der Waals surface area (Å²) >= 11 is 0. The van der Waals surface area contributed by atoms with E-state index in [4.69, 9.17) is 0 Å². The first-order chi connectivity index (χ1) is 10.8. The molecule has 0 amide bonds. The number of hydrogen-bond donors (Lipinski definition) is 1. The summed E-state index contributed by atoms with van der Waals surface area (Å²) < 4.78 is 0. The van der Waals surface area contributed by atoms with Crippen molar-refractivity contribution in [3.8, 4) is 5.75 Å². The summed E-state index contributed by atoms with van der Waals surface area (Å²) in [5.74, 6) is 0.361. The number of rotatable bonds is 5. The van der Waals surface area contributed by atoms with Crippen LogP contribution >= 0.6 is 0 Å². The molecule has 1 aromatic heterocycles. The molecular weight excluding hydrogens is 272 g/mol. The largest absolute Gasteiger partial charge is 0.508 e. The Hall–Kier alpha value is -1.87. The monoisotopic (exact) mass is 296 g/mol. The molecule has 0 saturated carbocycles. The fraction of sp³-hybridized carbons (Fsp3) is 0.421. The second-order valence-electron chi connectivity index (χ2n) is 6.15. The maximum atomic E-state index is 9.63. The Kier molecular flexibility index (Phi) is 5.07. The van der Waals surface area contributed by atoms with Crippen LogP contribution < -0.4 is 0 Å². The summed E-state index contributed by atoms with van der Waals surface area (Å²) in [6, 6.07) is 14.4. The van der Waals surface area contributed by atoms with Crippen LogP contribution in [-0.2, 0) is 13.0 Å². The molecule has 116 valence electrons. The predicted molar refractivity (Wildman–Crippen MR) is 88.7 cm³/mol. The number of phenolic OH excluding ortho intramolecular Hbond substituents is 1. The lowest BCUT2D eigenvalue weighted by Gasteiger charge is -2.36. The molecule has 2 heterocycles. The molecule has 0 spiro atoms. The lowest BCUT2D eigenvalue weighted by molar-refractivity contribution is 0.132. The first kappa shape index (κ1) is 15.0. The Morgan fingerprint density at radius 3 is 2.91 bits per heavy atom. The summed E-state index contributed by atoms with van der Waals surface area (Å²) in [6.45, 7) is 2.09. The van der Waals surface area contributed by atoms with Gasteiger partial charge in [0.25, 0.3) is 0 Å². The van der Waals surface area contributed by atoms with E-state index in [0.29, 0.717) is 11.8 Å². The number of piperidine rings is 1. The van der Waals surface area contributed by atoms with Crippen molar-refractivity contribution >= 4 is 0 Å². The van der Waals surface area contributed by atoms with Crippen LogP contribution in [0.2, 0.25) is 0 Å². The molecule has 3 rings (SSSR count). The molecule has 1 aliphatic rings. The number of aryl methyl sites for hydroxylation is 1. The topological polar surface area (TPSA) is 36.4 Å². The quantitative estimate of drug-likeness (QED) is 0.912. The SMILES string of the molecule is Oc1cccc(CN2CCCC[C@H]2CCc2ccccn2)c1. The van der Waals surface area contributed by atoms with Crippen LogP contribution in [0.25, 0.3) is 0 Å². The number of aromatic nitrogens is 1. The van der Waals surface area contributed by atoms with Crippen molar-refractivity contribution in [3.05, 3.63) is 59.9 Å². The van der Waals surface area contributed by atoms with Gasteiger partial charge < -0.3 is 5.11 Å². The van der Waals surface area contributed by atoms with Gasteiger partial charge in [-0.1, -0.05) is 24.6 Å². The van der Waals surface area contributed by atoms with Crippen molar-refractivity contribution in [1.82, 2.24) is 9.88 Å². The van der Waals surface area contributed by atoms with Crippen LogP contribution in [0.5, 0.6) is 5.75 Å². The molecule has 22 heavy (non-hydrogen) atoms. The maximum Gasteiger partial charge on any atom is 0.115 e. The smallest absolute Gasteiger partial charge is 0.115 e. The van der Waals surface area contributed by atoms with E-state index in [1.807, 2.05) is 24.4 Å². The van der Waals surface area contributed by atoms with Gasteiger partial charge in [-0.05, 0) is 62.1 Å². The number of nitrogens with zero attached hydrogens (tertiary/aromatic N) is 2. The van der Waals surface area contributed by atoms with Gasteiger partial charge in [-0.2, -0.15) is 0 Å². The lowest BCUT2D eigenvalue weighted by Crippen LogP contribution is -2.39. The second kappa shape index (κ2) is 7.41. The Balaban J connectivity index is 1.61. The number of hydrogen-bond acceptors (Lipinski definition) is 3. The van der Waals surface area contributed by atoms with Crippen molar-refractivity contribution in [3.63, 3.8) is 0 Å². The molecule has 2 aromatic rings. The van der Waals surface area contributed by atoms with E-state index in [9.17, 15) is 5.11 Å². The van der Waals surface area contributed by atoms with E-state index in [1.54, 1.807) is 6.07 Å². The normalized spacial score (nSPS) is 19.2. The third kappa shape index (κ3) is 4.08. The third-order valence-corrected chi connectivity index (χ3v) is 4.51. The summed E-state index contributed by atoms with van der Waals surface area (Å²) in [5, 5.41) is 9.63. The molecule has 0 bridgehead atoms. The first-order valence-corrected chi connectivity index (χ1v) is 8.23. The summed E-state index contributed by atoms with van der Waals surface area (Å²) in [6.07, 6.45) is 7.95. The van der Waals surface area contributed by atoms with Gasteiger partial charge in [-0.25, -0.2) is 0 Å². The van der Waals surface area contributed by atoms with E-state index in [-0.39, 0.29) is 0 Å². The molecule has 3 nitrogen and oxygen atoms in total. The Morgan fingerprint density at radius 1 is 1.14 bits per heavy atom.